The molecule has 1 aromatic carbocycles. The van der Waals surface area contributed by atoms with E-state index in [4.69, 9.17) is 17.3 Å². The summed E-state index contributed by atoms with van der Waals surface area (Å²) in [5, 5.41) is 3.78. The summed E-state index contributed by atoms with van der Waals surface area (Å²) in [6, 6.07) is 7.22. The Kier molecular flexibility index (Phi) is 4.12. The molecule has 0 spiro atoms. The van der Waals surface area contributed by atoms with Crippen molar-refractivity contribution in [3.05, 3.63) is 34.9 Å². The van der Waals surface area contributed by atoms with Crippen molar-refractivity contribution < 1.29 is 4.79 Å². The maximum absolute atomic E-state index is 10.9. The third-order valence-corrected chi connectivity index (χ3v) is 2.51. The van der Waals surface area contributed by atoms with Crippen LogP contribution in [0.1, 0.15) is 25.5 Å². The number of primary amides is 1. The van der Waals surface area contributed by atoms with Gasteiger partial charge in [0.25, 0.3) is 0 Å². The Morgan fingerprint density at radius 2 is 2.13 bits per heavy atom. The van der Waals surface area contributed by atoms with E-state index in [1.807, 2.05) is 31.2 Å². The zero-order chi connectivity index (χ0) is 11.4. The molecule has 3 nitrogen and oxygen atoms in total. The molecule has 0 saturated carbocycles. The van der Waals surface area contributed by atoms with E-state index in [9.17, 15) is 4.79 Å². The summed E-state index contributed by atoms with van der Waals surface area (Å²) in [5.41, 5.74) is 6.20. The lowest BCUT2D eigenvalue weighted by Gasteiger charge is -2.18. The number of amides is 1. The molecule has 0 aliphatic carbocycles. The predicted octanol–water partition coefficient (Wildman–Crippen LogP) is 1.86. The Bertz CT molecular complexity index is 354. The zero-order valence-electron chi connectivity index (χ0n) is 8.83. The molecule has 82 valence electrons. The maximum Gasteiger partial charge on any atom is 0.234 e. The molecule has 1 amide bonds. The molecule has 1 unspecified atom stereocenters. The van der Waals surface area contributed by atoms with Gasteiger partial charge in [0.15, 0.2) is 0 Å². The Labute approximate surface area is 94.6 Å². The molecular formula is C11H15ClN2O. The van der Waals surface area contributed by atoms with Crippen molar-refractivity contribution >= 4 is 17.5 Å². The molecule has 0 saturated heterocycles. The SMILES string of the molecule is CC(N[C@@H](C)c1cccc(Cl)c1)C(N)=O. The van der Waals surface area contributed by atoms with Gasteiger partial charge in [0.1, 0.15) is 0 Å². The molecule has 4 heteroatoms. The number of nitrogens with two attached hydrogens (primary N) is 1. The van der Waals surface area contributed by atoms with Crippen molar-refractivity contribution in [2.75, 3.05) is 0 Å². The van der Waals surface area contributed by atoms with Gasteiger partial charge in [0.2, 0.25) is 5.91 Å². The predicted molar refractivity (Wildman–Crippen MR) is 61.7 cm³/mol. The summed E-state index contributed by atoms with van der Waals surface area (Å²) < 4.78 is 0. The molecule has 0 heterocycles. The van der Waals surface area contributed by atoms with E-state index in [0.29, 0.717) is 5.02 Å². The summed E-state index contributed by atoms with van der Waals surface area (Å²) in [7, 11) is 0. The maximum atomic E-state index is 10.9. The molecule has 0 aliphatic heterocycles. The number of nitrogens with one attached hydrogen (secondary N) is 1. The van der Waals surface area contributed by atoms with Crippen LogP contribution >= 0.6 is 11.6 Å². The standard InChI is InChI=1S/C11H15ClN2O/c1-7(14-8(2)11(13)15)9-4-3-5-10(12)6-9/h3-8,14H,1-2H3,(H2,13,15)/t7-,8?/m0/s1. The average molecular weight is 227 g/mol. The number of benzene rings is 1. The number of hydrogen-bond acceptors (Lipinski definition) is 2. The molecule has 0 aliphatic rings. The van der Waals surface area contributed by atoms with Crippen LogP contribution in [0.5, 0.6) is 0 Å². The van der Waals surface area contributed by atoms with Crippen molar-refractivity contribution in [1.29, 1.82) is 0 Å². The Morgan fingerprint density at radius 1 is 1.47 bits per heavy atom. The number of hydrogen-bond donors (Lipinski definition) is 2. The third-order valence-electron chi connectivity index (χ3n) is 2.28. The minimum absolute atomic E-state index is 0.0474. The quantitative estimate of drug-likeness (QED) is 0.824. The molecule has 1 rings (SSSR count). The monoisotopic (exact) mass is 226 g/mol. The van der Waals surface area contributed by atoms with Crippen molar-refractivity contribution in [1.82, 2.24) is 5.32 Å². The first-order valence-corrected chi connectivity index (χ1v) is 5.19. The second-order valence-corrected chi connectivity index (χ2v) is 4.00. The van der Waals surface area contributed by atoms with E-state index in [0.717, 1.165) is 5.56 Å². The minimum Gasteiger partial charge on any atom is -0.368 e. The first kappa shape index (κ1) is 12.0. The molecule has 0 bridgehead atoms. The largest absolute Gasteiger partial charge is 0.368 e. The van der Waals surface area contributed by atoms with Crippen LogP contribution in [-0.4, -0.2) is 11.9 Å². The van der Waals surface area contributed by atoms with Gasteiger partial charge in [0, 0.05) is 11.1 Å². The van der Waals surface area contributed by atoms with Crippen molar-refractivity contribution in [2.45, 2.75) is 25.9 Å². The molecule has 0 radical (unpaired) electrons. The lowest BCUT2D eigenvalue weighted by molar-refractivity contribution is -0.119. The lowest BCUT2D eigenvalue weighted by atomic mass is 10.1. The highest BCUT2D eigenvalue weighted by Crippen LogP contribution is 2.17. The van der Waals surface area contributed by atoms with Gasteiger partial charge >= 0.3 is 0 Å². The van der Waals surface area contributed by atoms with Gasteiger partial charge in [-0.15, -0.1) is 0 Å². The van der Waals surface area contributed by atoms with Crippen molar-refractivity contribution in [2.24, 2.45) is 5.73 Å². The van der Waals surface area contributed by atoms with E-state index in [1.54, 1.807) is 6.92 Å². The summed E-state index contributed by atoms with van der Waals surface area (Å²) in [5.74, 6) is -0.358. The molecule has 3 N–H and O–H groups in total. The first-order valence-electron chi connectivity index (χ1n) is 4.81. The third kappa shape index (κ3) is 3.53. The topological polar surface area (TPSA) is 55.1 Å². The van der Waals surface area contributed by atoms with Crippen LogP contribution in [0.4, 0.5) is 0 Å². The summed E-state index contributed by atoms with van der Waals surface area (Å²) in [4.78, 5) is 10.9. The normalized spacial score (nSPS) is 14.6. The van der Waals surface area contributed by atoms with Crippen LogP contribution in [0.3, 0.4) is 0 Å². The van der Waals surface area contributed by atoms with Crippen molar-refractivity contribution in [3.63, 3.8) is 0 Å². The highest BCUT2D eigenvalue weighted by atomic mass is 35.5. The van der Waals surface area contributed by atoms with E-state index in [1.165, 1.54) is 0 Å². The fourth-order valence-electron chi connectivity index (χ4n) is 1.33. The minimum atomic E-state index is -0.358. The molecular weight excluding hydrogens is 212 g/mol. The van der Waals surface area contributed by atoms with Crippen LogP contribution in [0, 0.1) is 0 Å². The first-order chi connectivity index (χ1) is 7.00. The summed E-state index contributed by atoms with van der Waals surface area (Å²) in [6.45, 7) is 3.70. The molecule has 0 fully saturated rings. The van der Waals surface area contributed by atoms with E-state index in [-0.39, 0.29) is 18.0 Å². The van der Waals surface area contributed by atoms with Gasteiger partial charge in [-0.3, -0.25) is 10.1 Å². The Morgan fingerprint density at radius 3 is 2.67 bits per heavy atom. The lowest BCUT2D eigenvalue weighted by Crippen LogP contribution is -2.39. The average Bonchev–Trinajstić information content (AvgIpc) is 2.17. The fourth-order valence-corrected chi connectivity index (χ4v) is 1.53. The van der Waals surface area contributed by atoms with Gasteiger partial charge in [-0.1, -0.05) is 23.7 Å². The van der Waals surface area contributed by atoms with Crippen LogP contribution in [0.15, 0.2) is 24.3 Å². The second kappa shape index (κ2) is 5.14. The fraction of sp³-hybridized carbons (Fsp3) is 0.364. The number of rotatable bonds is 4. The molecule has 1 aromatic rings. The van der Waals surface area contributed by atoms with Gasteiger partial charge in [-0.05, 0) is 31.5 Å². The van der Waals surface area contributed by atoms with Gasteiger partial charge in [-0.25, -0.2) is 0 Å². The van der Waals surface area contributed by atoms with Gasteiger partial charge < -0.3 is 5.73 Å². The zero-order valence-corrected chi connectivity index (χ0v) is 9.58. The van der Waals surface area contributed by atoms with Crippen LogP contribution in [0.25, 0.3) is 0 Å². The summed E-state index contributed by atoms with van der Waals surface area (Å²) in [6.07, 6.45) is 0. The second-order valence-electron chi connectivity index (χ2n) is 3.57. The smallest absolute Gasteiger partial charge is 0.234 e. The molecule has 15 heavy (non-hydrogen) atoms. The van der Waals surface area contributed by atoms with E-state index in [2.05, 4.69) is 5.32 Å². The van der Waals surface area contributed by atoms with Crippen LogP contribution in [-0.2, 0) is 4.79 Å². The van der Waals surface area contributed by atoms with E-state index < -0.39 is 0 Å². The molecule has 2 atom stereocenters. The summed E-state index contributed by atoms with van der Waals surface area (Å²) >= 11 is 5.87. The highest BCUT2D eigenvalue weighted by molar-refractivity contribution is 6.30. The number of carbonyl (C=O) groups excluding carboxylic acids is 1. The van der Waals surface area contributed by atoms with E-state index >= 15 is 0 Å². The van der Waals surface area contributed by atoms with Crippen LogP contribution in [0.2, 0.25) is 5.02 Å². The van der Waals surface area contributed by atoms with Gasteiger partial charge in [-0.2, -0.15) is 0 Å². The number of halogens is 1. The van der Waals surface area contributed by atoms with Crippen LogP contribution < -0.4 is 11.1 Å². The van der Waals surface area contributed by atoms with Crippen molar-refractivity contribution in [3.8, 4) is 0 Å². The molecule has 0 aromatic heterocycles. The Balaban J connectivity index is 2.68. The van der Waals surface area contributed by atoms with Gasteiger partial charge in [0.05, 0.1) is 6.04 Å². The Hall–Kier alpha value is -1.06. The number of carbonyl (C=O) groups is 1. The highest BCUT2D eigenvalue weighted by Gasteiger charge is 2.13.